The third-order valence-electron chi connectivity index (χ3n) is 1.96. The zero-order chi connectivity index (χ0) is 10.4. The van der Waals surface area contributed by atoms with Crippen LogP contribution in [0.3, 0.4) is 0 Å². The van der Waals surface area contributed by atoms with Gasteiger partial charge in [-0.15, -0.1) is 0 Å². The molecule has 0 fully saturated rings. The van der Waals surface area contributed by atoms with Gasteiger partial charge in [0.2, 0.25) is 0 Å². The van der Waals surface area contributed by atoms with Crippen LogP contribution in [0, 0.1) is 0 Å². The Morgan fingerprint density at radius 2 is 1.71 bits per heavy atom. The molecule has 0 amide bonds. The topological polar surface area (TPSA) is 38.0 Å². The van der Waals surface area contributed by atoms with E-state index in [9.17, 15) is 8.42 Å². The summed E-state index contributed by atoms with van der Waals surface area (Å²) in [6.45, 7) is 0.885. The molecule has 0 atom stereocenters. The van der Waals surface area contributed by atoms with Gasteiger partial charge in [0.1, 0.15) is 16.4 Å². The van der Waals surface area contributed by atoms with Crippen LogP contribution in [0.5, 0.6) is 0 Å². The molecule has 0 unspecified atom stereocenters. The maximum Gasteiger partial charge on any atom is 0.168 e. The average Bonchev–Trinajstić information content (AvgIpc) is 2.13. The maximum atomic E-state index is 10.8. The van der Waals surface area contributed by atoms with Gasteiger partial charge in [-0.3, -0.25) is 0 Å². The molecule has 0 aliphatic carbocycles. The molecule has 14 heavy (non-hydrogen) atoms. The fraction of sp³-hybridized carbons (Fsp3) is 0.500. The minimum absolute atomic E-state index is 0.292. The highest BCUT2D eigenvalue weighted by Crippen LogP contribution is 1.94. The molecule has 1 rings (SSSR count). The van der Waals surface area contributed by atoms with Crippen LogP contribution in [-0.4, -0.2) is 20.4 Å². The zero-order valence-corrected chi connectivity index (χ0v) is 9.20. The highest BCUT2D eigenvalue weighted by atomic mass is 32.2. The summed E-state index contributed by atoms with van der Waals surface area (Å²) in [7, 11) is -2.79. The van der Waals surface area contributed by atoms with Crippen molar-refractivity contribution in [1.82, 2.24) is 0 Å². The van der Waals surface area contributed by atoms with E-state index < -0.39 is 9.84 Å². The monoisotopic (exact) mass is 214 g/mol. The number of aryl methyl sites for hydroxylation is 1. The Hall–Kier alpha value is -0.900. The predicted octanol–water partition coefficient (Wildman–Crippen LogP) is 0.799. The number of sulfone groups is 1. The number of aromatic nitrogens is 1. The van der Waals surface area contributed by atoms with Crippen LogP contribution in [0.25, 0.3) is 0 Å². The second kappa shape index (κ2) is 5.10. The van der Waals surface area contributed by atoms with E-state index in [4.69, 9.17) is 0 Å². The smallest absolute Gasteiger partial charge is 0.168 e. The van der Waals surface area contributed by atoms with Crippen LogP contribution in [0.1, 0.15) is 12.8 Å². The summed E-state index contributed by atoms with van der Waals surface area (Å²) in [4.78, 5) is 0. The van der Waals surface area contributed by atoms with Crippen molar-refractivity contribution in [3.63, 3.8) is 0 Å². The number of unbranched alkanes of at least 4 members (excludes halogenated alkanes) is 1. The minimum atomic E-state index is -2.79. The summed E-state index contributed by atoms with van der Waals surface area (Å²) in [5, 5.41) is 0. The molecule has 0 saturated carbocycles. The number of pyridine rings is 1. The largest absolute Gasteiger partial charge is 0.229 e. The molecular weight excluding hydrogens is 198 g/mol. The third-order valence-corrected chi connectivity index (χ3v) is 2.99. The lowest BCUT2D eigenvalue weighted by atomic mass is 10.3. The van der Waals surface area contributed by atoms with Crippen molar-refractivity contribution in [2.75, 3.05) is 12.0 Å². The summed E-state index contributed by atoms with van der Waals surface area (Å²) in [6, 6.07) is 5.90. The molecule has 1 aromatic rings. The van der Waals surface area contributed by atoms with E-state index in [1.165, 1.54) is 6.26 Å². The van der Waals surface area contributed by atoms with Crippen molar-refractivity contribution in [2.45, 2.75) is 19.4 Å². The van der Waals surface area contributed by atoms with Crippen LogP contribution in [0.15, 0.2) is 30.6 Å². The first-order chi connectivity index (χ1) is 6.58. The zero-order valence-electron chi connectivity index (χ0n) is 8.39. The molecule has 0 bridgehead atoms. The first-order valence-corrected chi connectivity index (χ1v) is 6.76. The summed E-state index contributed by atoms with van der Waals surface area (Å²) in [5.41, 5.74) is 0. The van der Waals surface area contributed by atoms with E-state index in [1.807, 2.05) is 30.6 Å². The standard InChI is InChI=1S/C10H16NO2S/c1-14(12,13)10-6-5-9-11-7-3-2-4-8-11/h2-4,7-8H,5-6,9-10H2,1H3/q+1. The van der Waals surface area contributed by atoms with Crippen molar-refractivity contribution < 1.29 is 13.0 Å². The van der Waals surface area contributed by atoms with Crippen LogP contribution in [0.4, 0.5) is 0 Å². The van der Waals surface area contributed by atoms with Gasteiger partial charge in [-0.1, -0.05) is 6.07 Å². The minimum Gasteiger partial charge on any atom is -0.229 e. The Morgan fingerprint density at radius 1 is 1.07 bits per heavy atom. The highest BCUT2D eigenvalue weighted by Gasteiger charge is 2.03. The van der Waals surface area contributed by atoms with E-state index in [0.717, 1.165) is 19.4 Å². The van der Waals surface area contributed by atoms with E-state index in [2.05, 4.69) is 4.57 Å². The summed E-state index contributed by atoms with van der Waals surface area (Å²) in [6.07, 6.45) is 6.89. The summed E-state index contributed by atoms with van der Waals surface area (Å²) < 4.78 is 23.7. The van der Waals surface area contributed by atoms with Crippen molar-refractivity contribution in [3.05, 3.63) is 30.6 Å². The van der Waals surface area contributed by atoms with E-state index in [1.54, 1.807) is 0 Å². The average molecular weight is 214 g/mol. The van der Waals surface area contributed by atoms with Crippen molar-refractivity contribution in [1.29, 1.82) is 0 Å². The maximum absolute atomic E-state index is 10.8. The molecule has 0 N–H and O–H groups in total. The number of nitrogens with zero attached hydrogens (tertiary/aromatic N) is 1. The van der Waals surface area contributed by atoms with E-state index in [0.29, 0.717) is 5.75 Å². The summed E-state index contributed by atoms with van der Waals surface area (Å²) in [5.74, 6) is 0.292. The molecule has 1 heterocycles. The second-order valence-electron chi connectivity index (χ2n) is 3.45. The Labute approximate surface area is 85.3 Å². The normalized spacial score (nSPS) is 11.5. The molecule has 0 saturated heterocycles. The fourth-order valence-electron chi connectivity index (χ4n) is 1.24. The SMILES string of the molecule is CS(=O)(=O)CCCC[n+]1ccccc1. The van der Waals surface area contributed by atoms with E-state index >= 15 is 0 Å². The van der Waals surface area contributed by atoms with Crippen molar-refractivity contribution in [3.8, 4) is 0 Å². The van der Waals surface area contributed by atoms with Gasteiger partial charge in [0.05, 0.1) is 5.75 Å². The molecule has 78 valence electrons. The van der Waals surface area contributed by atoms with Gasteiger partial charge in [0.25, 0.3) is 0 Å². The number of hydrogen-bond acceptors (Lipinski definition) is 2. The first-order valence-electron chi connectivity index (χ1n) is 4.70. The van der Waals surface area contributed by atoms with Crippen LogP contribution in [-0.2, 0) is 16.4 Å². The Kier molecular flexibility index (Phi) is 4.07. The Bertz CT molecular complexity index is 359. The molecule has 3 nitrogen and oxygen atoms in total. The second-order valence-corrected chi connectivity index (χ2v) is 5.71. The number of rotatable bonds is 5. The van der Waals surface area contributed by atoms with Crippen LogP contribution < -0.4 is 4.57 Å². The fourth-order valence-corrected chi connectivity index (χ4v) is 1.97. The van der Waals surface area contributed by atoms with Gasteiger partial charge < -0.3 is 0 Å². The molecule has 0 aromatic carbocycles. The van der Waals surface area contributed by atoms with Crippen LogP contribution >= 0.6 is 0 Å². The first kappa shape index (κ1) is 11.2. The molecule has 0 aliphatic heterocycles. The Morgan fingerprint density at radius 3 is 2.29 bits per heavy atom. The predicted molar refractivity (Wildman–Crippen MR) is 55.6 cm³/mol. The molecule has 0 radical (unpaired) electrons. The van der Waals surface area contributed by atoms with Gasteiger partial charge in [0.15, 0.2) is 12.4 Å². The van der Waals surface area contributed by atoms with Gasteiger partial charge in [0, 0.05) is 24.8 Å². The van der Waals surface area contributed by atoms with Gasteiger partial charge in [-0.25, -0.2) is 13.0 Å². The molecule has 4 heteroatoms. The molecule has 0 spiro atoms. The van der Waals surface area contributed by atoms with Gasteiger partial charge >= 0.3 is 0 Å². The molecule has 0 aliphatic rings. The lowest BCUT2D eigenvalue weighted by Gasteiger charge is -1.97. The van der Waals surface area contributed by atoms with E-state index in [-0.39, 0.29) is 0 Å². The quantitative estimate of drug-likeness (QED) is 0.537. The highest BCUT2D eigenvalue weighted by molar-refractivity contribution is 7.90. The number of hydrogen-bond donors (Lipinski definition) is 0. The van der Waals surface area contributed by atoms with Crippen molar-refractivity contribution in [2.24, 2.45) is 0 Å². The van der Waals surface area contributed by atoms with Gasteiger partial charge in [-0.2, -0.15) is 0 Å². The Balaban J connectivity index is 2.23. The molecular formula is C10H16NO2S+. The van der Waals surface area contributed by atoms with Crippen molar-refractivity contribution >= 4 is 9.84 Å². The summed E-state index contributed by atoms with van der Waals surface area (Å²) >= 11 is 0. The third kappa shape index (κ3) is 4.97. The lowest BCUT2D eigenvalue weighted by molar-refractivity contribution is -0.697. The molecule has 1 aromatic heterocycles. The van der Waals surface area contributed by atoms with Crippen LogP contribution in [0.2, 0.25) is 0 Å². The lowest BCUT2D eigenvalue weighted by Crippen LogP contribution is -2.32. The van der Waals surface area contributed by atoms with Gasteiger partial charge in [-0.05, 0) is 6.42 Å².